The molecule has 0 unspecified atom stereocenters. The van der Waals surface area contributed by atoms with E-state index in [1.165, 1.54) is 4.68 Å². The number of hydrogen-bond acceptors (Lipinski definition) is 5. The lowest BCUT2D eigenvalue weighted by Gasteiger charge is -1.98. The highest BCUT2D eigenvalue weighted by Gasteiger charge is 2.26. The zero-order valence-electron chi connectivity index (χ0n) is 7.10. The molecular weight excluding hydrogens is 186 g/mol. The molecule has 0 fully saturated rings. The number of nitrogens with zero attached hydrogens (tertiary/aromatic N) is 3. The van der Waals surface area contributed by atoms with E-state index in [1.54, 1.807) is 12.4 Å². The summed E-state index contributed by atoms with van der Waals surface area (Å²) in [5.74, 6) is 1.80. The SMILES string of the molecule is Nc1nn(-c2ncc[nH]2)c2c1OCO2. The fourth-order valence-electron chi connectivity index (χ4n) is 1.33. The van der Waals surface area contributed by atoms with E-state index in [9.17, 15) is 0 Å². The molecule has 0 aliphatic carbocycles. The topological polar surface area (TPSA) is 91.0 Å². The molecule has 0 spiro atoms. The Morgan fingerprint density at radius 3 is 3.21 bits per heavy atom. The predicted octanol–water partition coefficient (Wildman–Crippen LogP) is -0.0937. The molecule has 72 valence electrons. The standard InChI is InChI=1S/C7H7N5O2/c8-5-4-6(14-3-13-4)12(11-5)7-9-1-2-10-7/h1-2H,3H2,(H2,8,11)(H,9,10). The zero-order chi connectivity index (χ0) is 9.54. The van der Waals surface area contributed by atoms with Gasteiger partial charge in [0.15, 0.2) is 5.82 Å². The summed E-state index contributed by atoms with van der Waals surface area (Å²) in [7, 11) is 0. The number of fused-ring (bicyclic) bond motifs is 1. The van der Waals surface area contributed by atoms with Gasteiger partial charge in [-0.05, 0) is 0 Å². The Bertz CT molecular complexity index is 461. The molecule has 0 aromatic carbocycles. The molecule has 0 atom stereocenters. The van der Waals surface area contributed by atoms with Gasteiger partial charge in [0.25, 0.3) is 5.88 Å². The monoisotopic (exact) mass is 193 g/mol. The maximum atomic E-state index is 5.62. The number of H-pyrrole nitrogens is 1. The van der Waals surface area contributed by atoms with E-state index >= 15 is 0 Å². The van der Waals surface area contributed by atoms with E-state index in [4.69, 9.17) is 15.2 Å². The van der Waals surface area contributed by atoms with Crippen LogP contribution in [0.3, 0.4) is 0 Å². The van der Waals surface area contributed by atoms with Gasteiger partial charge in [-0.25, -0.2) is 4.98 Å². The van der Waals surface area contributed by atoms with E-state index in [1.807, 2.05) is 0 Å². The number of aromatic amines is 1. The van der Waals surface area contributed by atoms with E-state index in [-0.39, 0.29) is 6.79 Å². The number of imidazole rings is 1. The van der Waals surface area contributed by atoms with Crippen molar-refractivity contribution in [1.29, 1.82) is 0 Å². The third-order valence-corrected chi connectivity index (χ3v) is 1.91. The summed E-state index contributed by atoms with van der Waals surface area (Å²) in [4.78, 5) is 6.93. The minimum absolute atomic E-state index is 0.165. The van der Waals surface area contributed by atoms with Crippen LogP contribution in [0, 0.1) is 0 Å². The second-order valence-corrected chi connectivity index (χ2v) is 2.75. The van der Waals surface area contributed by atoms with Gasteiger partial charge in [0, 0.05) is 12.4 Å². The summed E-state index contributed by atoms with van der Waals surface area (Å²) < 4.78 is 11.8. The van der Waals surface area contributed by atoms with Gasteiger partial charge in [-0.15, -0.1) is 5.10 Å². The van der Waals surface area contributed by atoms with Crippen molar-refractivity contribution in [3.8, 4) is 17.6 Å². The molecule has 1 aliphatic heterocycles. The summed E-state index contributed by atoms with van der Waals surface area (Å²) in [6.07, 6.45) is 3.31. The molecule has 0 radical (unpaired) electrons. The maximum absolute atomic E-state index is 5.62. The van der Waals surface area contributed by atoms with Crippen molar-refractivity contribution in [3.63, 3.8) is 0 Å². The van der Waals surface area contributed by atoms with Crippen LogP contribution in [0.2, 0.25) is 0 Å². The number of ether oxygens (including phenoxy) is 2. The first kappa shape index (κ1) is 7.25. The van der Waals surface area contributed by atoms with Crippen LogP contribution in [-0.4, -0.2) is 26.5 Å². The molecule has 0 amide bonds. The van der Waals surface area contributed by atoms with Crippen molar-refractivity contribution in [1.82, 2.24) is 19.7 Å². The Morgan fingerprint density at radius 1 is 1.50 bits per heavy atom. The largest absolute Gasteiger partial charge is 0.448 e. The number of nitrogens with one attached hydrogen (secondary N) is 1. The summed E-state index contributed by atoms with van der Waals surface area (Å²) >= 11 is 0. The average molecular weight is 193 g/mol. The van der Waals surface area contributed by atoms with Crippen LogP contribution in [0.4, 0.5) is 5.82 Å². The van der Waals surface area contributed by atoms with Crippen molar-refractivity contribution >= 4 is 5.82 Å². The lowest BCUT2D eigenvalue weighted by Crippen LogP contribution is -2.05. The molecule has 7 heteroatoms. The van der Waals surface area contributed by atoms with Crippen molar-refractivity contribution in [2.24, 2.45) is 0 Å². The summed E-state index contributed by atoms with van der Waals surface area (Å²) in [6, 6.07) is 0. The third-order valence-electron chi connectivity index (χ3n) is 1.91. The van der Waals surface area contributed by atoms with Crippen LogP contribution in [0.15, 0.2) is 12.4 Å². The van der Waals surface area contributed by atoms with Gasteiger partial charge in [-0.2, -0.15) is 4.68 Å². The second kappa shape index (κ2) is 2.41. The van der Waals surface area contributed by atoms with E-state index in [0.29, 0.717) is 23.4 Å². The number of hydrogen-bond donors (Lipinski definition) is 2. The maximum Gasteiger partial charge on any atom is 0.268 e. The Hall–Kier alpha value is -2.18. The van der Waals surface area contributed by atoms with Gasteiger partial charge in [0.2, 0.25) is 18.5 Å². The van der Waals surface area contributed by atoms with Gasteiger partial charge in [0.05, 0.1) is 0 Å². The van der Waals surface area contributed by atoms with E-state index in [0.717, 1.165) is 0 Å². The summed E-state index contributed by atoms with van der Waals surface area (Å²) in [5, 5.41) is 4.03. The van der Waals surface area contributed by atoms with Crippen LogP contribution in [0.5, 0.6) is 11.6 Å². The molecular formula is C7H7N5O2. The molecule has 0 saturated carbocycles. The minimum atomic E-state index is 0.165. The van der Waals surface area contributed by atoms with Crippen molar-refractivity contribution in [2.45, 2.75) is 0 Å². The molecule has 2 aromatic rings. The average Bonchev–Trinajstić information content (AvgIpc) is 2.84. The van der Waals surface area contributed by atoms with Crippen LogP contribution < -0.4 is 15.2 Å². The Kier molecular flexibility index (Phi) is 1.25. The van der Waals surface area contributed by atoms with Crippen molar-refractivity contribution in [2.75, 3.05) is 12.5 Å². The van der Waals surface area contributed by atoms with Crippen LogP contribution in [-0.2, 0) is 0 Å². The first-order valence-corrected chi connectivity index (χ1v) is 4.00. The number of anilines is 1. The molecule has 14 heavy (non-hydrogen) atoms. The van der Waals surface area contributed by atoms with E-state index < -0.39 is 0 Å². The summed E-state index contributed by atoms with van der Waals surface area (Å²) in [6.45, 7) is 0.165. The molecule has 2 aromatic heterocycles. The number of nitrogens with two attached hydrogens (primary N) is 1. The van der Waals surface area contributed by atoms with E-state index in [2.05, 4.69) is 15.1 Å². The Morgan fingerprint density at radius 2 is 2.43 bits per heavy atom. The number of nitrogen functional groups attached to an aromatic ring is 1. The highest BCUT2D eigenvalue weighted by Crippen LogP contribution is 2.38. The van der Waals surface area contributed by atoms with Crippen molar-refractivity contribution in [3.05, 3.63) is 12.4 Å². The fourth-order valence-corrected chi connectivity index (χ4v) is 1.33. The summed E-state index contributed by atoms with van der Waals surface area (Å²) in [5.41, 5.74) is 5.62. The zero-order valence-corrected chi connectivity index (χ0v) is 7.10. The molecule has 0 bridgehead atoms. The van der Waals surface area contributed by atoms with Crippen LogP contribution >= 0.6 is 0 Å². The quantitative estimate of drug-likeness (QED) is 0.660. The first-order chi connectivity index (χ1) is 6.86. The second-order valence-electron chi connectivity index (χ2n) is 2.75. The highest BCUT2D eigenvalue weighted by atomic mass is 16.7. The molecule has 1 aliphatic rings. The van der Waals surface area contributed by atoms with Crippen molar-refractivity contribution < 1.29 is 9.47 Å². The third kappa shape index (κ3) is 0.804. The van der Waals surface area contributed by atoms with Crippen LogP contribution in [0.25, 0.3) is 5.95 Å². The van der Waals surface area contributed by atoms with Crippen LogP contribution in [0.1, 0.15) is 0 Å². The fraction of sp³-hybridized carbons (Fsp3) is 0.143. The minimum Gasteiger partial charge on any atom is -0.448 e. The lowest BCUT2D eigenvalue weighted by atomic mass is 10.6. The number of aromatic nitrogens is 4. The van der Waals surface area contributed by atoms with Gasteiger partial charge >= 0.3 is 0 Å². The Labute approximate surface area is 78.5 Å². The van der Waals surface area contributed by atoms with Gasteiger partial charge < -0.3 is 20.2 Å². The highest BCUT2D eigenvalue weighted by molar-refractivity contribution is 5.56. The predicted molar refractivity (Wildman–Crippen MR) is 46.2 cm³/mol. The molecule has 0 saturated heterocycles. The first-order valence-electron chi connectivity index (χ1n) is 4.00. The molecule has 7 nitrogen and oxygen atoms in total. The van der Waals surface area contributed by atoms with Gasteiger partial charge in [-0.3, -0.25) is 0 Å². The normalized spacial score (nSPS) is 13.4. The number of rotatable bonds is 1. The molecule has 3 heterocycles. The van der Waals surface area contributed by atoms with Gasteiger partial charge in [-0.1, -0.05) is 0 Å². The van der Waals surface area contributed by atoms with Gasteiger partial charge in [0.1, 0.15) is 0 Å². The Balaban J connectivity index is 2.20. The lowest BCUT2D eigenvalue weighted by molar-refractivity contribution is 0.165. The smallest absolute Gasteiger partial charge is 0.268 e. The molecule has 3 rings (SSSR count). The molecule has 3 N–H and O–H groups in total.